The average molecular weight is 229 g/mol. The van der Waals surface area contributed by atoms with E-state index in [1.807, 2.05) is 17.5 Å². The lowest BCUT2D eigenvalue weighted by Gasteiger charge is -1.99. The topological polar surface area (TPSA) is 43.1 Å². The summed E-state index contributed by atoms with van der Waals surface area (Å²) in [6.07, 6.45) is 0. The Hall–Kier alpha value is -1.94. The Morgan fingerprint density at radius 2 is 2.12 bits per heavy atom. The van der Waals surface area contributed by atoms with E-state index in [0.29, 0.717) is 22.4 Å². The van der Waals surface area contributed by atoms with Crippen molar-refractivity contribution in [1.82, 2.24) is 4.98 Å². The van der Waals surface area contributed by atoms with Gasteiger partial charge in [0.05, 0.1) is 10.9 Å². The molecule has 0 bridgehead atoms. The minimum absolute atomic E-state index is 0.0372. The van der Waals surface area contributed by atoms with Gasteiger partial charge in [-0.3, -0.25) is 4.79 Å². The third-order valence-electron chi connectivity index (χ3n) is 2.32. The molecule has 0 spiro atoms. The fourth-order valence-electron chi connectivity index (χ4n) is 1.56. The largest absolute Gasteiger partial charge is 0.454 e. The quantitative estimate of drug-likeness (QED) is 0.644. The molecule has 0 saturated carbocycles. The number of hydrogen-bond acceptors (Lipinski definition) is 4. The molecule has 0 saturated heterocycles. The monoisotopic (exact) mass is 229 g/mol. The summed E-state index contributed by atoms with van der Waals surface area (Å²) < 4.78 is 5.63. The van der Waals surface area contributed by atoms with Gasteiger partial charge in [0.1, 0.15) is 11.3 Å². The molecule has 0 atom stereocenters. The van der Waals surface area contributed by atoms with Gasteiger partial charge in [-0.2, -0.15) is 0 Å². The molecule has 0 aliphatic rings. The van der Waals surface area contributed by atoms with E-state index in [0.717, 1.165) is 0 Å². The Balaban J connectivity index is 2.34. The maximum atomic E-state index is 11.8. The first-order valence-electron chi connectivity index (χ1n) is 4.76. The fraction of sp³-hybridized carbons (Fsp3) is 0. The van der Waals surface area contributed by atoms with Gasteiger partial charge in [0, 0.05) is 11.4 Å². The number of aromatic nitrogens is 1. The summed E-state index contributed by atoms with van der Waals surface area (Å²) >= 11 is 1.47. The van der Waals surface area contributed by atoms with Gasteiger partial charge < -0.3 is 4.42 Å². The molecule has 0 amide bonds. The Morgan fingerprint density at radius 1 is 1.25 bits per heavy atom. The number of benzene rings is 1. The van der Waals surface area contributed by atoms with Crippen molar-refractivity contribution in [3.63, 3.8) is 0 Å². The summed E-state index contributed by atoms with van der Waals surface area (Å²) in [7, 11) is 0. The molecule has 2 aromatic heterocycles. The third kappa shape index (κ3) is 1.44. The zero-order valence-corrected chi connectivity index (χ0v) is 9.03. The zero-order valence-electron chi connectivity index (χ0n) is 8.21. The Bertz CT molecular complexity index is 686. The second kappa shape index (κ2) is 3.57. The summed E-state index contributed by atoms with van der Waals surface area (Å²) in [6.45, 7) is 0. The van der Waals surface area contributed by atoms with Crippen molar-refractivity contribution in [2.75, 3.05) is 0 Å². The van der Waals surface area contributed by atoms with Crippen LogP contribution in [0.2, 0.25) is 0 Å². The van der Waals surface area contributed by atoms with Crippen molar-refractivity contribution in [3.8, 4) is 11.5 Å². The summed E-state index contributed by atoms with van der Waals surface area (Å²) in [4.78, 5) is 15.9. The lowest BCUT2D eigenvalue weighted by molar-refractivity contribution is 0.616. The van der Waals surface area contributed by atoms with Crippen LogP contribution in [0.3, 0.4) is 0 Å². The molecular weight excluding hydrogens is 222 g/mol. The number of hydrogen-bond donors (Lipinski definition) is 0. The molecule has 16 heavy (non-hydrogen) atoms. The highest BCUT2D eigenvalue weighted by Gasteiger charge is 2.07. The highest BCUT2D eigenvalue weighted by Crippen LogP contribution is 2.21. The molecule has 0 radical (unpaired) electrons. The maximum Gasteiger partial charge on any atom is 0.193 e. The predicted octanol–water partition coefficient (Wildman–Crippen LogP) is 2.92. The Labute approximate surface area is 95.0 Å². The molecule has 3 aromatic rings. The molecule has 0 aliphatic carbocycles. The number of fused-ring (bicyclic) bond motifs is 1. The van der Waals surface area contributed by atoms with Crippen molar-refractivity contribution in [3.05, 3.63) is 51.4 Å². The Morgan fingerprint density at radius 3 is 2.94 bits per heavy atom. The second-order valence-corrected chi connectivity index (χ2v) is 4.06. The number of thiazole rings is 1. The highest BCUT2D eigenvalue weighted by molar-refractivity contribution is 7.07. The standard InChI is InChI=1S/C12H7NO2S/c14-10-5-12(9-6-16-7-13-9)15-11-4-2-1-3-8(10)11/h1-7H. The first-order chi connectivity index (χ1) is 7.84. The first-order valence-corrected chi connectivity index (χ1v) is 5.70. The van der Waals surface area contributed by atoms with Crippen LogP contribution in [0.5, 0.6) is 0 Å². The molecule has 3 nitrogen and oxygen atoms in total. The van der Waals surface area contributed by atoms with Gasteiger partial charge in [0.25, 0.3) is 0 Å². The average Bonchev–Trinajstić information content (AvgIpc) is 2.82. The van der Waals surface area contributed by atoms with E-state index in [-0.39, 0.29) is 5.43 Å². The number of rotatable bonds is 1. The van der Waals surface area contributed by atoms with Crippen molar-refractivity contribution in [1.29, 1.82) is 0 Å². The summed E-state index contributed by atoms with van der Waals surface area (Å²) in [5, 5.41) is 2.45. The van der Waals surface area contributed by atoms with E-state index in [4.69, 9.17) is 4.42 Å². The van der Waals surface area contributed by atoms with Crippen molar-refractivity contribution in [2.24, 2.45) is 0 Å². The molecule has 0 aliphatic heterocycles. The van der Waals surface area contributed by atoms with Crippen LogP contribution in [0.4, 0.5) is 0 Å². The molecule has 0 N–H and O–H groups in total. The summed E-state index contributed by atoms with van der Waals surface area (Å²) in [5.74, 6) is 0.518. The van der Waals surface area contributed by atoms with Crippen LogP contribution in [0.25, 0.3) is 22.4 Å². The van der Waals surface area contributed by atoms with Gasteiger partial charge in [-0.15, -0.1) is 11.3 Å². The van der Waals surface area contributed by atoms with Gasteiger partial charge in [-0.1, -0.05) is 12.1 Å². The Kier molecular flexibility index (Phi) is 2.08. The van der Waals surface area contributed by atoms with Gasteiger partial charge in [0.2, 0.25) is 0 Å². The lowest BCUT2D eigenvalue weighted by Crippen LogP contribution is -1.99. The molecule has 78 valence electrons. The minimum Gasteiger partial charge on any atom is -0.454 e. The van der Waals surface area contributed by atoms with Crippen molar-refractivity contribution < 1.29 is 4.42 Å². The number of para-hydroxylation sites is 1. The van der Waals surface area contributed by atoms with Crippen LogP contribution in [0.1, 0.15) is 0 Å². The smallest absolute Gasteiger partial charge is 0.193 e. The van der Waals surface area contributed by atoms with Crippen molar-refractivity contribution in [2.45, 2.75) is 0 Å². The van der Waals surface area contributed by atoms with E-state index in [2.05, 4.69) is 4.98 Å². The second-order valence-electron chi connectivity index (χ2n) is 3.34. The zero-order chi connectivity index (χ0) is 11.0. The molecule has 1 aromatic carbocycles. The predicted molar refractivity (Wildman–Crippen MR) is 63.6 cm³/mol. The van der Waals surface area contributed by atoms with Gasteiger partial charge in [-0.25, -0.2) is 4.98 Å². The van der Waals surface area contributed by atoms with E-state index in [1.165, 1.54) is 17.4 Å². The van der Waals surface area contributed by atoms with E-state index >= 15 is 0 Å². The molecule has 3 rings (SSSR count). The normalized spacial score (nSPS) is 10.8. The summed E-state index contributed by atoms with van der Waals surface area (Å²) in [6, 6.07) is 8.69. The molecule has 2 heterocycles. The van der Waals surface area contributed by atoms with Crippen LogP contribution in [-0.4, -0.2) is 4.98 Å². The third-order valence-corrected chi connectivity index (χ3v) is 2.91. The van der Waals surface area contributed by atoms with Gasteiger partial charge in [0.15, 0.2) is 11.2 Å². The lowest BCUT2D eigenvalue weighted by atomic mass is 10.2. The highest BCUT2D eigenvalue weighted by atomic mass is 32.1. The van der Waals surface area contributed by atoms with Gasteiger partial charge >= 0.3 is 0 Å². The SMILES string of the molecule is O=c1cc(-c2cscn2)oc2ccccc12. The van der Waals surface area contributed by atoms with Crippen molar-refractivity contribution >= 4 is 22.3 Å². The first kappa shape index (κ1) is 9.30. The van der Waals surface area contributed by atoms with Crippen LogP contribution in [-0.2, 0) is 0 Å². The van der Waals surface area contributed by atoms with Crippen LogP contribution >= 0.6 is 11.3 Å². The van der Waals surface area contributed by atoms with E-state index in [1.54, 1.807) is 17.6 Å². The minimum atomic E-state index is -0.0372. The van der Waals surface area contributed by atoms with E-state index < -0.39 is 0 Å². The van der Waals surface area contributed by atoms with E-state index in [9.17, 15) is 4.79 Å². The number of nitrogens with zero attached hydrogens (tertiary/aromatic N) is 1. The fourth-order valence-corrected chi connectivity index (χ4v) is 2.11. The van der Waals surface area contributed by atoms with Crippen LogP contribution < -0.4 is 5.43 Å². The van der Waals surface area contributed by atoms with Gasteiger partial charge in [-0.05, 0) is 12.1 Å². The summed E-state index contributed by atoms with van der Waals surface area (Å²) in [5.41, 5.74) is 2.97. The van der Waals surface area contributed by atoms with Crippen LogP contribution in [0.15, 0.2) is 50.4 Å². The molecule has 0 unspecified atom stereocenters. The molecular formula is C12H7NO2S. The molecule has 0 fully saturated rings. The molecule has 4 heteroatoms. The van der Waals surface area contributed by atoms with Crippen LogP contribution in [0, 0.1) is 0 Å². The maximum absolute atomic E-state index is 11.8.